The Hall–Kier alpha value is -2.41. The second kappa shape index (κ2) is 7.00. The molecule has 1 aromatic carbocycles. The summed E-state index contributed by atoms with van der Waals surface area (Å²) < 4.78 is 5.19. The molecule has 0 aliphatic carbocycles. The van der Waals surface area contributed by atoms with Gasteiger partial charge in [0.1, 0.15) is 12.1 Å². The third-order valence-corrected chi connectivity index (χ3v) is 4.10. The van der Waals surface area contributed by atoms with Crippen LogP contribution in [-0.2, 0) is 19.1 Å². The van der Waals surface area contributed by atoms with E-state index in [1.54, 1.807) is 24.3 Å². The van der Waals surface area contributed by atoms with E-state index in [0.717, 1.165) is 0 Å². The number of nitrogens with one attached hydrogen (secondary N) is 2. The third kappa shape index (κ3) is 3.91. The van der Waals surface area contributed by atoms with Crippen LogP contribution in [-0.4, -0.2) is 35.8 Å². The summed E-state index contributed by atoms with van der Waals surface area (Å²) in [6.07, 6.45) is 1.62. The number of carbonyl (C=O) groups excluding carboxylic acids is 3. The number of hydrogen-bond donors (Lipinski definition) is 2. The number of carbonyl (C=O) groups is 3. The van der Waals surface area contributed by atoms with Gasteiger partial charge in [-0.05, 0) is 37.1 Å². The lowest BCUT2D eigenvalue weighted by atomic mass is 10.2. The van der Waals surface area contributed by atoms with Gasteiger partial charge in [-0.3, -0.25) is 9.59 Å². The molecule has 0 unspecified atom stereocenters. The predicted molar refractivity (Wildman–Crippen MR) is 87.8 cm³/mol. The predicted octanol–water partition coefficient (Wildman–Crippen LogP) is 1.66. The Morgan fingerprint density at radius 3 is 2.62 bits per heavy atom. The minimum Gasteiger partial charge on any atom is -0.410 e. The standard InChI is InChI=1S/C16H16ClN3O4/c17-9-1-3-10(4-2-9)18-15(22)11-6-8-14(20-11)24-16(23)12-5-7-13(21)19-12/h1-4,11-12H,5-8H2,(H,18,22)(H,19,21)/t11-,12+/m0/s1. The molecule has 7 nitrogen and oxygen atoms in total. The van der Waals surface area contributed by atoms with Crippen LogP contribution in [0.3, 0.4) is 0 Å². The summed E-state index contributed by atoms with van der Waals surface area (Å²) in [5.41, 5.74) is 0.624. The highest BCUT2D eigenvalue weighted by Gasteiger charge is 2.32. The van der Waals surface area contributed by atoms with Gasteiger partial charge < -0.3 is 15.4 Å². The summed E-state index contributed by atoms with van der Waals surface area (Å²) in [4.78, 5) is 39.4. The number of benzene rings is 1. The second-order valence-corrected chi connectivity index (χ2v) is 6.09. The fourth-order valence-corrected chi connectivity index (χ4v) is 2.69. The molecule has 1 aromatic rings. The molecule has 2 amide bonds. The molecule has 2 aliphatic rings. The van der Waals surface area contributed by atoms with Crippen molar-refractivity contribution in [3.8, 4) is 0 Å². The van der Waals surface area contributed by atoms with Gasteiger partial charge in [-0.15, -0.1) is 0 Å². The number of nitrogens with zero attached hydrogens (tertiary/aromatic N) is 1. The van der Waals surface area contributed by atoms with Crippen LogP contribution in [0.25, 0.3) is 0 Å². The zero-order valence-electron chi connectivity index (χ0n) is 12.8. The summed E-state index contributed by atoms with van der Waals surface area (Å²) in [5.74, 6) is -0.723. The van der Waals surface area contributed by atoms with Gasteiger partial charge in [0.25, 0.3) is 0 Å². The molecule has 0 spiro atoms. The first kappa shape index (κ1) is 16.4. The molecular formula is C16H16ClN3O4. The maximum absolute atomic E-state index is 12.2. The smallest absolute Gasteiger partial charge is 0.335 e. The molecule has 8 heteroatoms. The van der Waals surface area contributed by atoms with Gasteiger partial charge in [0.15, 0.2) is 5.90 Å². The second-order valence-electron chi connectivity index (χ2n) is 5.65. The van der Waals surface area contributed by atoms with Gasteiger partial charge in [-0.1, -0.05) is 11.6 Å². The highest BCUT2D eigenvalue weighted by molar-refractivity contribution is 6.30. The quantitative estimate of drug-likeness (QED) is 0.811. The Kier molecular flexibility index (Phi) is 4.80. The van der Waals surface area contributed by atoms with E-state index in [9.17, 15) is 14.4 Å². The molecule has 24 heavy (non-hydrogen) atoms. The molecule has 2 atom stereocenters. The third-order valence-electron chi connectivity index (χ3n) is 3.84. The zero-order chi connectivity index (χ0) is 17.1. The van der Waals surface area contributed by atoms with Crippen molar-refractivity contribution in [1.82, 2.24) is 5.32 Å². The lowest BCUT2D eigenvalue weighted by Crippen LogP contribution is -2.35. The Morgan fingerprint density at radius 2 is 1.96 bits per heavy atom. The molecule has 0 bridgehead atoms. The lowest BCUT2D eigenvalue weighted by molar-refractivity contribution is -0.138. The first-order chi connectivity index (χ1) is 11.5. The summed E-state index contributed by atoms with van der Waals surface area (Å²) >= 11 is 5.80. The number of esters is 1. The van der Waals surface area contributed by atoms with Crippen LogP contribution in [0.15, 0.2) is 29.3 Å². The van der Waals surface area contributed by atoms with Crippen molar-refractivity contribution in [2.75, 3.05) is 5.32 Å². The topological polar surface area (TPSA) is 96.9 Å². The van der Waals surface area contributed by atoms with Crippen LogP contribution < -0.4 is 10.6 Å². The van der Waals surface area contributed by atoms with Gasteiger partial charge in [0.2, 0.25) is 11.8 Å². The Balaban J connectivity index is 1.54. The Morgan fingerprint density at radius 1 is 1.21 bits per heavy atom. The summed E-state index contributed by atoms with van der Waals surface area (Å²) in [6, 6.07) is 5.53. The molecule has 0 saturated carbocycles. The highest BCUT2D eigenvalue weighted by atomic mass is 35.5. The zero-order valence-corrected chi connectivity index (χ0v) is 13.5. The van der Waals surface area contributed by atoms with E-state index in [1.165, 1.54) is 0 Å². The van der Waals surface area contributed by atoms with Crippen LogP contribution in [0.1, 0.15) is 25.7 Å². The van der Waals surface area contributed by atoms with E-state index in [0.29, 0.717) is 36.4 Å². The van der Waals surface area contributed by atoms with E-state index in [1.807, 2.05) is 0 Å². The number of anilines is 1. The van der Waals surface area contributed by atoms with Crippen molar-refractivity contribution >= 4 is 41.0 Å². The largest absolute Gasteiger partial charge is 0.410 e. The minimum absolute atomic E-state index is 0.162. The number of halogens is 1. The first-order valence-electron chi connectivity index (χ1n) is 7.65. The van der Waals surface area contributed by atoms with E-state index in [2.05, 4.69) is 15.6 Å². The summed E-state index contributed by atoms with van der Waals surface area (Å²) in [6.45, 7) is 0. The van der Waals surface area contributed by atoms with E-state index in [-0.39, 0.29) is 17.7 Å². The normalized spacial score (nSPS) is 22.7. The number of rotatable bonds is 3. The molecule has 0 aromatic heterocycles. The summed E-state index contributed by atoms with van der Waals surface area (Å²) in [7, 11) is 0. The average Bonchev–Trinajstić information content (AvgIpc) is 3.19. The number of amides is 2. The van der Waals surface area contributed by atoms with E-state index in [4.69, 9.17) is 16.3 Å². The van der Waals surface area contributed by atoms with Gasteiger partial charge in [-0.2, -0.15) is 0 Å². The number of aliphatic imine (C=N–C) groups is 1. The average molecular weight is 350 g/mol. The molecule has 1 fully saturated rings. The van der Waals surface area contributed by atoms with Crippen molar-refractivity contribution in [2.45, 2.75) is 37.8 Å². The molecule has 0 radical (unpaired) electrons. The van der Waals surface area contributed by atoms with Gasteiger partial charge in [0.05, 0.1) is 0 Å². The molecule has 2 N–H and O–H groups in total. The molecular weight excluding hydrogens is 334 g/mol. The summed E-state index contributed by atoms with van der Waals surface area (Å²) in [5, 5.41) is 5.87. The van der Waals surface area contributed by atoms with Crippen molar-refractivity contribution in [3.05, 3.63) is 29.3 Å². The van der Waals surface area contributed by atoms with Gasteiger partial charge in [-0.25, -0.2) is 9.79 Å². The Labute approximate surface area is 143 Å². The fourth-order valence-electron chi connectivity index (χ4n) is 2.57. The molecule has 2 heterocycles. The first-order valence-corrected chi connectivity index (χ1v) is 8.03. The van der Waals surface area contributed by atoms with Crippen LogP contribution >= 0.6 is 11.6 Å². The van der Waals surface area contributed by atoms with Crippen LogP contribution in [0, 0.1) is 0 Å². The van der Waals surface area contributed by atoms with Crippen molar-refractivity contribution in [2.24, 2.45) is 4.99 Å². The molecule has 3 rings (SSSR count). The molecule has 1 saturated heterocycles. The van der Waals surface area contributed by atoms with Crippen molar-refractivity contribution in [3.63, 3.8) is 0 Å². The molecule has 2 aliphatic heterocycles. The number of ether oxygens (including phenoxy) is 1. The van der Waals surface area contributed by atoms with Crippen molar-refractivity contribution < 1.29 is 19.1 Å². The monoisotopic (exact) mass is 349 g/mol. The van der Waals surface area contributed by atoms with Crippen LogP contribution in [0.5, 0.6) is 0 Å². The number of hydrogen-bond acceptors (Lipinski definition) is 5. The molecule has 126 valence electrons. The fraction of sp³-hybridized carbons (Fsp3) is 0.375. The van der Waals surface area contributed by atoms with Crippen LogP contribution in [0.2, 0.25) is 5.02 Å². The maximum Gasteiger partial charge on any atom is 0.335 e. The van der Waals surface area contributed by atoms with Gasteiger partial charge in [0, 0.05) is 23.6 Å². The van der Waals surface area contributed by atoms with E-state index >= 15 is 0 Å². The minimum atomic E-state index is -0.623. The van der Waals surface area contributed by atoms with Crippen molar-refractivity contribution in [1.29, 1.82) is 0 Å². The lowest BCUT2D eigenvalue weighted by Gasteiger charge is -2.09. The SMILES string of the molecule is O=C1CC[C@H](C(=O)OC2=N[C@H](C(=O)Nc3ccc(Cl)cc3)CC2)N1. The van der Waals surface area contributed by atoms with Crippen LogP contribution in [0.4, 0.5) is 5.69 Å². The highest BCUT2D eigenvalue weighted by Crippen LogP contribution is 2.19. The Bertz CT molecular complexity index is 702. The van der Waals surface area contributed by atoms with E-state index < -0.39 is 18.1 Å². The van der Waals surface area contributed by atoms with Gasteiger partial charge >= 0.3 is 5.97 Å². The maximum atomic E-state index is 12.2.